The van der Waals surface area contributed by atoms with E-state index in [0.717, 1.165) is 19.5 Å². The van der Waals surface area contributed by atoms with E-state index in [9.17, 15) is 0 Å². The molecule has 0 aliphatic carbocycles. The third-order valence-electron chi connectivity index (χ3n) is 3.10. The summed E-state index contributed by atoms with van der Waals surface area (Å²) >= 11 is 0. The molecule has 0 saturated heterocycles. The lowest BCUT2D eigenvalue weighted by atomic mass is 10.2. The number of benzene rings is 1. The van der Waals surface area contributed by atoms with E-state index in [1.54, 1.807) is 6.07 Å². The number of para-hydroxylation sites is 1. The van der Waals surface area contributed by atoms with Crippen molar-refractivity contribution in [2.45, 2.75) is 39.7 Å². The van der Waals surface area contributed by atoms with Gasteiger partial charge in [-0.25, -0.2) is 0 Å². The number of hydrogen-bond acceptors (Lipinski definition) is 3. The van der Waals surface area contributed by atoms with Crippen molar-refractivity contribution < 1.29 is 4.74 Å². The van der Waals surface area contributed by atoms with Crippen molar-refractivity contribution >= 4 is 0 Å². The summed E-state index contributed by atoms with van der Waals surface area (Å²) in [5.41, 5.74) is 0.608. The van der Waals surface area contributed by atoms with Crippen molar-refractivity contribution in [1.29, 1.82) is 5.26 Å². The van der Waals surface area contributed by atoms with E-state index >= 15 is 0 Å². The van der Waals surface area contributed by atoms with Gasteiger partial charge in [0.1, 0.15) is 11.8 Å². The van der Waals surface area contributed by atoms with Crippen molar-refractivity contribution in [3.05, 3.63) is 29.8 Å². The van der Waals surface area contributed by atoms with Crippen LogP contribution in [0.5, 0.6) is 5.75 Å². The molecular formula is C16H24N2O. The van der Waals surface area contributed by atoms with Crippen LogP contribution in [0, 0.1) is 11.3 Å². The number of ether oxygens (including phenoxy) is 1. The summed E-state index contributed by atoms with van der Waals surface area (Å²) in [6.07, 6.45) is 2.16. The molecule has 0 heterocycles. The zero-order valence-corrected chi connectivity index (χ0v) is 12.2. The maximum absolute atomic E-state index is 8.97. The molecule has 0 unspecified atom stereocenters. The normalized spacial score (nSPS) is 10.7. The third kappa shape index (κ3) is 5.32. The van der Waals surface area contributed by atoms with E-state index < -0.39 is 0 Å². The molecule has 1 aromatic carbocycles. The zero-order chi connectivity index (χ0) is 14.1. The van der Waals surface area contributed by atoms with Crippen LogP contribution < -0.4 is 4.74 Å². The molecule has 0 aromatic heterocycles. The van der Waals surface area contributed by atoms with Gasteiger partial charge in [0.05, 0.1) is 12.2 Å². The van der Waals surface area contributed by atoms with E-state index in [2.05, 4.69) is 31.7 Å². The van der Waals surface area contributed by atoms with Gasteiger partial charge in [-0.1, -0.05) is 19.1 Å². The van der Waals surface area contributed by atoms with Gasteiger partial charge in [-0.2, -0.15) is 5.26 Å². The molecule has 3 nitrogen and oxygen atoms in total. The first-order chi connectivity index (χ1) is 9.19. The lowest BCUT2D eigenvalue weighted by molar-refractivity contribution is 0.198. The van der Waals surface area contributed by atoms with Crippen molar-refractivity contribution in [2.75, 3.05) is 19.7 Å². The second kappa shape index (κ2) is 8.55. The van der Waals surface area contributed by atoms with Crippen LogP contribution in [0.4, 0.5) is 0 Å². The van der Waals surface area contributed by atoms with E-state index in [-0.39, 0.29) is 0 Å². The van der Waals surface area contributed by atoms with Crippen LogP contribution in [-0.2, 0) is 0 Å². The predicted molar refractivity (Wildman–Crippen MR) is 78.3 cm³/mol. The Balaban J connectivity index is 2.36. The summed E-state index contributed by atoms with van der Waals surface area (Å²) in [6, 6.07) is 10.1. The molecule has 104 valence electrons. The fraction of sp³-hybridized carbons (Fsp3) is 0.562. The smallest absolute Gasteiger partial charge is 0.137 e. The van der Waals surface area contributed by atoms with Gasteiger partial charge < -0.3 is 9.64 Å². The predicted octanol–water partition coefficient (Wildman–Crippen LogP) is 3.45. The maximum atomic E-state index is 8.97. The average molecular weight is 260 g/mol. The molecular weight excluding hydrogens is 236 g/mol. The van der Waals surface area contributed by atoms with Gasteiger partial charge in [-0.15, -0.1) is 0 Å². The zero-order valence-electron chi connectivity index (χ0n) is 12.2. The first-order valence-electron chi connectivity index (χ1n) is 7.05. The van der Waals surface area contributed by atoms with Crippen LogP contribution in [0.2, 0.25) is 0 Å². The number of rotatable bonds is 8. The van der Waals surface area contributed by atoms with E-state index in [4.69, 9.17) is 10.00 Å². The van der Waals surface area contributed by atoms with E-state index in [0.29, 0.717) is 24.0 Å². The van der Waals surface area contributed by atoms with Crippen molar-refractivity contribution in [3.63, 3.8) is 0 Å². The van der Waals surface area contributed by atoms with Crippen molar-refractivity contribution in [3.8, 4) is 11.8 Å². The van der Waals surface area contributed by atoms with Crippen LogP contribution in [0.25, 0.3) is 0 Å². The molecule has 19 heavy (non-hydrogen) atoms. The third-order valence-corrected chi connectivity index (χ3v) is 3.10. The Morgan fingerprint density at radius 1 is 1.26 bits per heavy atom. The van der Waals surface area contributed by atoms with Gasteiger partial charge in [0.15, 0.2) is 0 Å². The van der Waals surface area contributed by atoms with Gasteiger partial charge in [0.2, 0.25) is 0 Å². The highest BCUT2D eigenvalue weighted by Crippen LogP contribution is 2.16. The Labute approximate surface area is 116 Å². The molecule has 0 amide bonds. The number of nitriles is 1. The summed E-state index contributed by atoms with van der Waals surface area (Å²) in [5, 5.41) is 8.97. The molecule has 1 rings (SSSR count). The van der Waals surface area contributed by atoms with Crippen LogP contribution in [0.3, 0.4) is 0 Å². The summed E-state index contributed by atoms with van der Waals surface area (Å²) in [5.74, 6) is 0.691. The summed E-state index contributed by atoms with van der Waals surface area (Å²) < 4.78 is 5.69. The standard InChI is InChI=1S/C16H24N2O/c1-4-10-18(14(2)3)11-7-12-19-16-9-6-5-8-15(16)13-17/h5-6,8-9,14H,4,7,10-12H2,1-3H3. The number of nitrogens with zero attached hydrogens (tertiary/aromatic N) is 2. The molecule has 0 aliphatic rings. The van der Waals surface area contributed by atoms with Crippen molar-refractivity contribution in [1.82, 2.24) is 4.90 Å². The number of hydrogen-bond donors (Lipinski definition) is 0. The Kier molecular flexibility index (Phi) is 6.99. The van der Waals surface area contributed by atoms with Gasteiger partial charge in [-0.3, -0.25) is 0 Å². The molecule has 0 spiro atoms. The highest BCUT2D eigenvalue weighted by Gasteiger charge is 2.08. The Morgan fingerprint density at radius 3 is 2.63 bits per heavy atom. The fourth-order valence-electron chi connectivity index (χ4n) is 2.05. The Bertz CT molecular complexity index is 409. The second-order valence-electron chi connectivity index (χ2n) is 4.94. The lowest BCUT2D eigenvalue weighted by Crippen LogP contribution is -2.33. The van der Waals surface area contributed by atoms with E-state index in [1.165, 1.54) is 6.42 Å². The molecule has 0 fully saturated rings. The molecule has 3 heteroatoms. The van der Waals surface area contributed by atoms with Gasteiger partial charge in [0.25, 0.3) is 0 Å². The molecule has 0 saturated carbocycles. The van der Waals surface area contributed by atoms with Crippen LogP contribution in [0.15, 0.2) is 24.3 Å². The molecule has 0 atom stereocenters. The minimum Gasteiger partial charge on any atom is -0.492 e. The average Bonchev–Trinajstić information content (AvgIpc) is 2.42. The quantitative estimate of drug-likeness (QED) is 0.672. The van der Waals surface area contributed by atoms with Gasteiger partial charge >= 0.3 is 0 Å². The summed E-state index contributed by atoms with van der Waals surface area (Å²) in [6.45, 7) is 9.48. The lowest BCUT2D eigenvalue weighted by Gasteiger charge is -2.25. The minimum atomic E-state index is 0.575. The SMILES string of the molecule is CCCN(CCCOc1ccccc1C#N)C(C)C. The highest BCUT2D eigenvalue weighted by molar-refractivity contribution is 5.42. The second-order valence-corrected chi connectivity index (χ2v) is 4.94. The van der Waals surface area contributed by atoms with Crippen LogP contribution in [0.1, 0.15) is 39.2 Å². The minimum absolute atomic E-state index is 0.575. The van der Waals surface area contributed by atoms with Crippen LogP contribution >= 0.6 is 0 Å². The largest absolute Gasteiger partial charge is 0.492 e. The van der Waals surface area contributed by atoms with E-state index in [1.807, 2.05) is 18.2 Å². The Hall–Kier alpha value is -1.53. The topological polar surface area (TPSA) is 36.3 Å². The van der Waals surface area contributed by atoms with Crippen molar-refractivity contribution in [2.24, 2.45) is 0 Å². The first kappa shape index (κ1) is 15.5. The van der Waals surface area contributed by atoms with Crippen LogP contribution in [-0.4, -0.2) is 30.6 Å². The molecule has 0 N–H and O–H groups in total. The summed E-state index contributed by atoms with van der Waals surface area (Å²) in [7, 11) is 0. The molecule has 0 aliphatic heterocycles. The summed E-state index contributed by atoms with van der Waals surface area (Å²) in [4.78, 5) is 2.46. The maximum Gasteiger partial charge on any atom is 0.137 e. The monoisotopic (exact) mass is 260 g/mol. The van der Waals surface area contributed by atoms with Gasteiger partial charge in [0, 0.05) is 12.6 Å². The molecule has 1 aromatic rings. The highest BCUT2D eigenvalue weighted by atomic mass is 16.5. The van der Waals surface area contributed by atoms with Gasteiger partial charge in [-0.05, 0) is 45.4 Å². The first-order valence-corrected chi connectivity index (χ1v) is 7.05. The molecule has 0 radical (unpaired) electrons. The fourth-order valence-corrected chi connectivity index (χ4v) is 2.05. The Morgan fingerprint density at radius 2 is 2.00 bits per heavy atom. The molecule has 0 bridgehead atoms.